The van der Waals surface area contributed by atoms with E-state index in [2.05, 4.69) is 0 Å². The van der Waals surface area contributed by atoms with Crippen LogP contribution in [0.25, 0.3) is 0 Å². The predicted octanol–water partition coefficient (Wildman–Crippen LogP) is 1.73. The van der Waals surface area contributed by atoms with Crippen LogP contribution in [0.5, 0.6) is 0 Å². The average Bonchev–Trinajstić information content (AvgIpc) is 2.05. The van der Waals surface area contributed by atoms with Crippen LogP contribution in [0.3, 0.4) is 0 Å². The minimum absolute atomic E-state index is 0.370. The molecule has 0 saturated heterocycles. The second-order valence-electron chi connectivity index (χ2n) is 2.51. The number of carbonyl (C=O) groups is 1. The molecule has 70 valence electrons. The van der Waals surface area contributed by atoms with Crippen molar-refractivity contribution in [1.82, 2.24) is 5.23 Å². The lowest BCUT2D eigenvalue weighted by molar-refractivity contribution is -0.281. The van der Waals surface area contributed by atoms with Gasteiger partial charge in [0.15, 0.2) is 0 Å². The Morgan fingerprint density at radius 2 is 2.08 bits per heavy atom. The van der Waals surface area contributed by atoms with Crippen LogP contribution >= 0.6 is 0 Å². The Hall–Kier alpha value is -0.870. The van der Waals surface area contributed by atoms with Gasteiger partial charge in [0.25, 0.3) is 5.91 Å². The third-order valence-corrected chi connectivity index (χ3v) is 1.60. The van der Waals surface area contributed by atoms with E-state index in [4.69, 9.17) is 10.4 Å². The zero-order valence-electron chi connectivity index (χ0n) is 7.45. The first-order valence-electron chi connectivity index (χ1n) is 4.00. The van der Waals surface area contributed by atoms with Gasteiger partial charge in [-0.05, 0) is 19.8 Å². The summed E-state index contributed by atoms with van der Waals surface area (Å²) < 4.78 is 0. The standard InChI is InChI=1S/C8H15NO3/c1-3-5-6-7(4-2)8(10)9(11)12/h4,11-12H,3,5-6H2,1-2H3/b7-4+. The molecule has 0 heterocycles. The van der Waals surface area contributed by atoms with Crippen molar-refractivity contribution >= 4 is 5.91 Å². The Morgan fingerprint density at radius 3 is 2.42 bits per heavy atom. The van der Waals surface area contributed by atoms with Crippen molar-refractivity contribution in [2.24, 2.45) is 0 Å². The number of unbranched alkanes of at least 4 members (excludes halogenated alkanes) is 1. The van der Waals surface area contributed by atoms with Gasteiger partial charge in [0.1, 0.15) is 0 Å². The molecule has 0 aliphatic heterocycles. The van der Waals surface area contributed by atoms with Crippen LogP contribution in [-0.2, 0) is 4.79 Å². The van der Waals surface area contributed by atoms with Gasteiger partial charge in [-0.1, -0.05) is 24.6 Å². The SMILES string of the molecule is C/C=C(\CCCC)C(=O)N(O)O. The van der Waals surface area contributed by atoms with E-state index in [-0.39, 0.29) is 5.23 Å². The molecule has 2 N–H and O–H groups in total. The number of hydroxylamine groups is 2. The van der Waals surface area contributed by atoms with Crippen LogP contribution in [0.15, 0.2) is 11.6 Å². The largest absolute Gasteiger partial charge is 0.299 e. The molecular formula is C8H15NO3. The van der Waals surface area contributed by atoms with E-state index < -0.39 is 5.91 Å². The number of rotatable bonds is 4. The fourth-order valence-electron chi connectivity index (χ4n) is 0.870. The fourth-order valence-corrected chi connectivity index (χ4v) is 0.870. The van der Waals surface area contributed by atoms with Crippen molar-refractivity contribution in [3.8, 4) is 0 Å². The molecule has 1 amide bonds. The number of hydrogen-bond donors (Lipinski definition) is 2. The van der Waals surface area contributed by atoms with Gasteiger partial charge >= 0.3 is 0 Å². The molecule has 0 unspecified atom stereocenters. The summed E-state index contributed by atoms with van der Waals surface area (Å²) in [5.41, 5.74) is 0.432. The normalized spacial score (nSPS) is 11.5. The molecule has 0 spiro atoms. The van der Waals surface area contributed by atoms with Crippen molar-refractivity contribution in [2.75, 3.05) is 0 Å². The summed E-state index contributed by atoms with van der Waals surface area (Å²) in [6.07, 6.45) is 4.03. The first-order valence-corrected chi connectivity index (χ1v) is 4.00. The molecule has 4 heteroatoms. The number of hydrogen-bond acceptors (Lipinski definition) is 3. The summed E-state index contributed by atoms with van der Waals surface area (Å²) in [7, 11) is 0. The van der Waals surface area contributed by atoms with Crippen LogP contribution < -0.4 is 0 Å². The highest BCUT2D eigenvalue weighted by Gasteiger charge is 2.12. The molecule has 0 aromatic rings. The molecular weight excluding hydrogens is 158 g/mol. The summed E-state index contributed by atoms with van der Waals surface area (Å²) >= 11 is 0. The molecule has 0 radical (unpaired) electrons. The summed E-state index contributed by atoms with van der Waals surface area (Å²) in [6, 6.07) is 0. The van der Waals surface area contributed by atoms with Gasteiger partial charge in [0.05, 0.1) is 0 Å². The smallest absolute Gasteiger partial charge is 0.265 e. The minimum Gasteiger partial charge on any atom is -0.265 e. The Morgan fingerprint density at radius 1 is 1.50 bits per heavy atom. The van der Waals surface area contributed by atoms with Gasteiger partial charge in [-0.25, -0.2) is 0 Å². The highest BCUT2D eigenvalue weighted by molar-refractivity contribution is 5.91. The number of carbonyl (C=O) groups excluding carboxylic acids is 1. The number of allylic oxidation sites excluding steroid dienone is 1. The van der Waals surface area contributed by atoms with Crippen molar-refractivity contribution in [3.05, 3.63) is 11.6 Å². The maximum Gasteiger partial charge on any atom is 0.299 e. The predicted molar refractivity (Wildman–Crippen MR) is 43.7 cm³/mol. The van der Waals surface area contributed by atoms with Gasteiger partial charge in [0, 0.05) is 5.57 Å². The van der Waals surface area contributed by atoms with Crippen molar-refractivity contribution in [2.45, 2.75) is 33.1 Å². The minimum atomic E-state index is -0.744. The van der Waals surface area contributed by atoms with Crippen LogP contribution in [0.4, 0.5) is 0 Å². The summed E-state index contributed by atoms with van der Waals surface area (Å²) in [5.74, 6) is -0.744. The van der Waals surface area contributed by atoms with E-state index in [1.165, 1.54) is 0 Å². The lowest BCUT2D eigenvalue weighted by Crippen LogP contribution is -2.24. The molecule has 0 bridgehead atoms. The molecule has 12 heavy (non-hydrogen) atoms. The second-order valence-corrected chi connectivity index (χ2v) is 2.51. The van der Waals surface area contributed by atoms with E-state index in [0.29, 0.717) is 12.0 Å². The third kappa shape index (κ3) is 3.50. The zero-order valence-corrected chi connectivity index (χ0v) is 7.45. The van der Waals surface area contributed by atoms with Crippen molar-refractivity contribution in [3.63, 3.8) is 0 Å². The van der Waals surface area contributed by atoms with Crippen LogP contribution in [0.2, 0.25) is 0 Å². The Labute approximate surface area is 72.0 Å². The summed E-state index contributed by atoms with van der Waals surface area (Å²) in [6.45, 7) is 3.71. The van der Waals surface area contributed by atoms with Gasteiger partial charge in [-0.3, -0.25) is 15.2 Å². The molecule has 0 aliphatic rings. The molecule has 0 aromatic heterocycles. The highest BCUT2D eigenvalue weighted by Crippen LogP contribution is 2.08. The van der Waals surface area contributed by atoms with Crippen LogP contribution in [0.1, 0.15) is 33.1 Å². The molecule has 0 atom stereocenters. The van der Waals surface area contributed by atoms with Gasteiger partial charge < -0.3 is 0 Å². The Balaban J connectivity index is 4.08. The first-order chi connectivity index (χ1) is 5.63. The average molecular weight is 173 g/mol. The second kappa shape index (κ2) is 5.74. The monoisotopic (exact) mass is 173 g/mol. The topological polar surface area (TPSA) is 60.8 Å². The lowest BCUT2D eigenvalue weighted by Gasteiger charge is -2.08. The molecule has 0 aliphatic carbocycles. The van der Waals surface area contributed by atoms with Gasteiger partial charge in [-0.2, -0.15) is 0 Å². The Bertz CT molecular complexity index is 175. The zero-order chi connectivity index (χ0) is 9.56. The molecule has 0 fully saturated rings. The van der Waals surface area contributed by atoms with E-state index in [9.17, 15) is 4.79 Å². The van der Waals surface area contributed by atoms with Crippen molar-refractivity contribution < 1.29 is 15.2 Å². The fraction of sp³-hybridized carbons (Fsp3) is 0.625. The van der Waals surface area contributed by atoms with E-state index in [1.54, 1.807) is 13.0 Å². The first kappa shape index (κ1) is 11.1. The summed E-state index contributed by atoms with van der Waals surface area (Å²) in [5, 5.41) is 16.5. The molecule has 4 nitrogen and oxygen atoms in total. The maximum absolute atomic E-state index is 10.9. The van der Waals surface area contributed by atoms with Crippen molar-refractivity contribution in [1.29, 1.82) is 0 Å². The van der Waals surface area contributed by atoms with E-state index >= 15 is 0 Å². The van der Waals surface area contributed by atoms with Crippen LogP contribution in [0, 0.1) is 0 Å². The number of amides is 1. The molecule has 0 rings (SSSR count). The van der Waals surface area contributed by atoms with Gasteiger partial charge in [0.2, 0.25) is 0 Å². The lowest BCUT2D eigenvalue weighted by atomic mass is 10.1. The van der Waals surface area contributed by atoms with Crippen LogP contribution in [-0.4, -0.2) is 21.5 Å². The Kier molecular flexibility index (Phi) is 5.32. The molecule has 0 aromatic carbocycles. The van der Waals surface area contributed by atoms with Gasteiger partial charge in [-0.15, -0.1) is 0 Å². The quantitative estimate of drug-likeness (QED) is 0.386. The summed E-state index contributed by atoms with van der Waals surface area (Å²) in [4.78, 5) is 10.9. The van der Waals surface area contributed by atoms with E-state index in [1.807, 2.05) is 6.92 Å². The third-order valence-electron chi connectivity index (χ3n) is 1.60. The molecule has 0 saturated carbocycles. The van der Waals surface area contributed by atoms with E-state index in [0.717, 1.165) is 12.8 Å². The number of nitrogens with zero attached hydrogens (tertiary/aromatic N) is 1. The highest BCUT2D eigenvalue weighted by atomic mass is 16.8. The maximum atomic E-state index is 10.9.